The van der Waals surface area contributed by atoms with Gasteiger partial charge in [0.25, 0.3) is 0 Å². The Morgan fingerprint density at radius 2 is 1.67 bits per heavy atom. The van der Waals surface area contributed by atoms with Gasteiger partial charge in [-0.2, -0.15) is 0 Å². The van der Waals surface area contributed by atoms with Gasteiger partial charge in [0, 0.05) is 0 Å². The molecule has 1 fully saturated rings. The van der Waals surface area contributed by atoms with E-state index in [2.05, 4.69) is 0 Å². The topological polar surface area (TPSA) is 78.9 Å². The molecule has 1 heterocycles. The molecule has 0 saturated carbocycles. The second-order valence-electron chi connectivity index (χ2n) is 6.16. The first-order valence-corrected chi connectivity index (χ1v) is 7.90. The van der Waals surface area contributed by atoms with Crippen molar-refractivity contribution >= 4 is 17.5 Å². The molecule has 0 amide bonds. The van der Waals surface area contributed by atoms with Crippen LogP contribution in [0.25, 0.3) is 0 Å². The molecule has 24 heavy (non-hydrogen) atoms. The van der Waals surface area contributed by atoms with Crippen molar-refractivity contribution in [2.24, 2.45) is 0 Å². The summed E-state index contributed by atoms with van der Waals surface area (Å²) in [5.41, 5.74) is 0.771. The fraction of sp³-hybridized carbons (Fsp3) is 0.500. The van der Waals surface area contributed by atoms with E-state index < -0.39 is 29.7 Å². The van der Waals surface area contributed by atoms with Crippen molar-refractivity contribution in [3.05, 3.63) is 35.9 Å². The van der Waals surface area contributed by atoms with E-state index >= 15 is 0 Å². The molecule has 1 aromatic rings. The van der Waals surface area contributed by atoms with Gasteiger partial charge in [-0.05, 0) is 26.3 Å². The number of hydrogen-bond donors (Lipinski definition) is 0. The molecule has 130 valence electrons. The van der Waals surface area contributed by atoms with Crippen LogP contribution in [0.2, 0.25) is 0 Å². The lowest BCUT2D eigenvalue weighted by Crippen LogP contribution is -2.32. The van der Waals surface area contributed by atoms with Gasteiger partial charge in [-0.15, -0.1) is 0 Å². The monoisotopic (exact) mass is 334 g/mol. The molecule has 1 aliphatic heterocycles. The molecule has 1 aliphatic rings. The van der Waals surface area contributed by atoms with Crippen molar-refractivity contribution in [1.82, 2.24) is 0 Å². The lowest BCUT2D eigenvalue weighted by atomic mass is 10.1. The highest BCUT2D eigenvalue weighted by Gasteiger charge is 2.41. The molecule has 6 heteroatoms. The molecule has 0 bridgehead atoms. The number of carbonyl (C=O) groups is 3. The molecule has 2 atom stereocenters. The normalized spacial score (nSPS) is 26.1. The average Bonchev–Trinajstić information content (AvgIpc) is 2.77. The maximum atomic E-state index is 12.0. The Hall–Kier alpha value is -2.05. The van der Waals surface area contributed by atoms with E-state index in [-0.39, 0.29) is 25.2 Å². The van der Waals surface area contributed by atoms with E-state index in [1.807, 2.05) is 19.9 Å². The summed E-state index contributed by atoms with van der Waals surface area (Å²) in [4.78, 5) is 35.5. The van der Waals surface area contributed by atoms with Gasteiger partial charge in [-0.3, -0.25) is 9.59 Å². The van der Waals surface area contributed by atoms with Crippen molar-refractivity contribution in [2.75, 3.05) is 0 Å². The van der Waals surface area contributed by atoms with E-state index in [4.69, 9.17) is 14.2 Å². The van der Waals surface area contributed by atoms with E-state index in [1.54, 1.807) is 31.2 Å². The maximum Gasteiger partial charge on any atom is 0.375 e. The van der Waals surface area contributed by atoms with Crippen LogP contribution in [0, 0.1) is 0 Å². The molecule has 1 aromatic carbocycles. The zero-order valence-corrected chi connectivity index (χ0v) is 14.1. The van der Waals surface area contributed by atoms with Crippen molar-refractivity contribution in [1.29, 1.82) is 0 Å². The lowest BCUT2D eigenvalue weighted by Gasteiger charge is -2.22. The van der Waals surface area contributed by atoms with E-state index in [1.165, 1.54) is 0 Å². The number of ketones is 2. The highest BCUT2D eigenvalue weighted by Crippen LogP contribution is 2.31. The smallest absolute Gasteiger partial charge is 0.375 e. The predicted molar refractivity (Wildman–Crippen MR) is 85.0 cm³/mol. The molecular weight excluding hydrogens is 312 g/mol. The molecule has 1 saturated heterocycles. The first-order valence-electron chi connectivity index (χ1n) is 7.90. The standard InChI is InChI=1S/C18H22O6/c1-12-13(2)24-18(3,23-12)10-15(19)9-16(20)17(21)22-11-14-7-5-4-6-8-14/h4-8,12-13H,9-11H2,1-3H3. The minimum Gasteiger partial charge on any atom is -0.455 e. The van der Waals surface area contributed by atoms with Crippen LogP contribution in [-0.4, -0.2) is 35.5 Å². The summed E-state index contributed by atoms with van der Waals surface area (Å²) in [5.74, 6) is -3.34. The summed E-state index contributed by atoms with van der Waals surface area (Å²) in [6.07, 6.45) is -0.860. The van der Waals surface area contributed by atoms with Gasteiger partial charge in [-0.1, -0.05) is 30.3 Å². The third-order valence-corrected chi connectivity index (χ3v) is 3.85. The fourth-order valence-corrected chi connectivity index (χ4v) is 2.56. The SMILES string of the molecule is CC1OC(C)(CC(=O)CC(=O)C(=O)OCc2ccccc2)OC1C. The van der Waals surface area contributed by atoms with Crippen LogP contribution in [0.15, 0.2) is 30.3 Å². The molecule has 0 N–H and O–H groups in total. The van der Waals surface area contributed by atoms with Crippen molar-refractivity contribution < 1.29 is 28.6 Å². The van der Waals surface area contributed by atoms with Gasteiger partial charge in [0.15, 0.2) is 5.79 Å². The number of hydrogen-bond acceptors (Lipinski definition) is 6. The summed E-state index contributed by atoms with van der Waals surface area (Å²) in [6.45, 7) is 5.36. The Morgan fingerprint density at radius 3 is 2.25 bits per heavy atom. The molecular formula is C18H22O6. The molecule has 0 spiro atoms. The van der Waals surface area contributed by atoms with Gasteiger partial charge >= 0.3 is 5.97 Å². The van der Waals surface area contributed by atoms with Crippen LogP contribution in [0.5, 0.6) is 0 Å². The van der Waals surface area contributed by atoms with E-state index in [0.29, 0.717) is 0 Å². The molecule has 0 aromatic heterocycles. The first-order chi connectivity index (χ1) is 11.3. The summed E-state index contributed by atoms with van der Waals surface area (Å²) < 4.78 is 16.1. The third-order valence-electron chi connectivity index (χ3n) is 3.85. The van der Waals surface area contributed by atoms with Gasteiger partial charge < -0.3 is 14.2 Å². The number of ether oxygens (including phenoxy) is 3. The Kier molecular flexibility index (Phi) is 5.85. The number of carbonyl (C=O) groups excluding carboxylic acids is 3. The second kappa shape index (κ2) is 7.68. The Bertz CT molecular complexity index is 599. The molecule has 0 radical (unpaired) electrons. The van der Waals surface area contributed by atoms with Crippen molar-refractivity contribution in [3.63, 3.8) is 0 Å². The minimum atomic E-state index is -1.05. The van der Waals surface area contributed by atoms with Crippen molar-refractivity contribution in [2.45, 2.75) is 58.2 Å². The largest absolute Gasteiger partial charge is 0.455 e. The number of Topliss-reactive ketones (excluding diaryl/α,β-unsaturated/α-hetero) is 2. The van der Waals surface area contributed by atoms with Crippen LogP contribution >= 0.6 is 0 Å². The lowest BCUT2D eigenvalue weighted by molar-refractivity contribution is -0.170. The Labute approximate surface area is 141 Å². The van der Waals surface area contributed by atoms with Gasteiger partial charge in [0.1, 0.15) is 12.4 Å². The highest BCUT2D eigenvalue weighted by atomic mass is 16.8. The predicted octanol–water partition coefficient (Wildman–Crippen LogP) is 2.19. The highest BCUT2D eigenvalue weighted by molar-refractivity contribution is 6.37. The van der Waals surface area contributed by atoms with E-state index in [0.717, 1.165) is 5.56 Å². The summed E-state index contributed by atoms with van der Waals surface area (Å²) in [6, 6.07) is 9.00. The van der Waals surface area contributed by atoms with E-state index in [9.17, 15) is 14.4 Å². The molecule has 2 rings (SSSR count). The fourth-order valence-electron chi connectivity index (χ4n) is 2.56. The first kappa shape index (κ1) is 18.3. The van der Waals surface area contributed by atoms with Crippen LogP contribution in [-0.2, 0) is 35.2 Å². The van der Waals surface area contributed by atoms with Gasteiger partial charge in [0.2, 0.25) is 5.78 Å². The van der Waals surface area contributed by atoms with Crippen LogP contribution < -0.4 is 0 Å². The maximum absolute atomic E-state index is 12.0. The van der Waals surface area contributed by atoms with Gasteiger partial charge in [0.05, 0.1) is 25.0 Å². The zero-order chi connectivity index (χ0) is 17.7. The van der Waals surface area contributed by atoms with Crippen LogP contribution in [0.4, 0.5) is 0 Å². The molecule has 2 unspecified atom stereocenters. The third kappa shape index (κ3) is 4.97. The summed E-state index contributed by atoms with van der Waals surface area (Å²) in [7, 11) is 0. The number of benzene rings is 1. The van der Waals surface area contributed by atoms with Crippen LogP contribution in [0.3, 0.4) is 0 Å². The molecule has 0 aliphatic carbocycles. The van der Waals surface area contributed by atoms with Crippen LogP contribution in [0.1, 0.15) is 39.2 Å². The average molecular weight is 334 g/mol. The quantitative estimate of drug-likeness (QED) is 0.432. The zero-order valence-electron chi connectivity index (χ0n) is 14.1. The minimum absolute atomic E-state index is 0.00142. The van der Waals surface area contributed by atoms with Crippen molar-refractivity contribution in [3.8, 4) is 0 Å². The number of rotatable bonds is 7. The van der Waals surface area contributed by atoms with Gasteiger partial charge in [-0.25, -0.2) is 4.79 Å². The number of esters is 1. The summed E-state index contributed by atoms with van der Waals surface area (Å²) >= 11 is 0. The summed E-state index contributed by atoms with van der Waals surface area (Å²) in [5, 5.41) is 0. The second-order valence-corrected chi connectivity index (χ2v) is 6.16. The Balaban J connectivity index is 1.79. The molecule has 6 nitrogen and oxygen atoms in total. The Morgan fingerprint density at radius 1 is 1.08 bits per heavy atom.